The Labute approximate surface area is 96.0 Å². The van der Waals surface area contributed by atoms with Crippen LogP contribution in [0.1, 0.15) is 47.5 Å². The van der Waals surface area contributed by atoms with Crippen molar-refractivity contribution in [3.8, 4) is 0 Å². The molecular weight excluding hydrogens is 184 g/mol. The Morgan fingerprint density at radius 2 is 1.53 bits per heavy atom. The van der Waals surface area contributed by atoms with Crippen LogP contribution >= 0.6 is 0 Å². The van der Waals surface area contributed by atoms with Crippen LogP contribution in [0.25, 0.3) is 0 Å². The van der Waals surface area contributed by atoms with Crippen LogP contribution in [-0.4, -0.2) is 19.1 Å². The van der Waals surface area contributed by atoms with Crippen molar-refractivity contribution >= 4 is 0 Å². The molecule has 0 aromatic carbocycles. The predicted octanol–water partition coefficient (Wildman–Crippen LogP) is 2.63. The summed E-state index contributed by atoms with van der Waals surface area (Å²) in [6, 6.07) is 0.329. The van der Waals surface area contributed by atoms with Crippen LogP contribution in [-0.2, 0) is 0 Å². The van der Waals surface area contributed by atoms with Crippen LogP contribution in [0.2, 0.25) is 0 Å². The largest absolute Gasteiger partial charge is 0.327 e. The predicted molar refractivity (Wildman–Crippen MR) is 68.9 cm³/mol. The molecule has 0 aromatic rings. The molecule has 0 bridgehead atoms. The number of hydrogen-bond donors (Lipinski definition) is 2. The van der Waals surface area contributed by atoms with E-state index in [0.29, 0.717) is 6.04 Å². The molecule has 0 spiro atoms. The van der Waals surface area contributed by atoms with E-state index in [2.05, 4.69) is 39.9 Å². The Morgan fingerprint density at radius 1 is 1.00 bits per heavy atom. The van der Waals surface area contributed by atoms with Crippen LogP contribution in [0.15, 0.2) is 0 Å². The van der Waals surface area contributed by atoms with Crippen LogP contribution in [0, 0.1) is 17.8 Å². The van der Waals surface area contributed by atoms with Crippen molar-refractivity contribution in [2.75, 3.05) is 13.1 Å². The van der Waals surface area contributed by atoms with Crippen LogP contribution < -0.4 is 11.1 Å². The molecular formula is C13H30N2. The molecule has 0 aliphatic carbocycles. The molecule has 92 valence electrons. The van der Waals surface area contributed by atoms with E-state index in [0.717, 1.165) is 37.3 Å². The lowest BCUT2D eigenvalue weighted by Crippen LogP contribution is -2.38. The van der Waals surface area contributed by atoms with Gasteiger partial charge >= 0.3 is 0 Å². The maximum atomic E-state index is 5.96. The van der Waals surface area contributed by atoms with Gasteiger partial charge in [-0.25, -0.2) is 0 Å². The molecule has 2 nitrogen and oxygen atoms in total. The molecule has 1 atom stereocenters. The highest BCUT2D eigenvalue weighted by atomic mass is 14.9. The third-order valence-electron chi connectivity index (χ3n) is 3.16. The van der Waals surface area contributed by atoms with E-state index in [1.807, 2.05) is 0 Å². The second-order valence-electron chi connectivity index (χ2n) is 5.36. The molecule has 3 N–H and O–H groups in total. The summed E-state index contributed by atoms with van der Waals surface area (Å²) in [5.74, 6) is 2.26. The lowest BCUT2D eigenvalue weighted by atomic mass is 9.85. The molecule has 0 heterocycles. The molecule has 0 radical (unpaired) electrons. The smallest absolute Gasteiger partial charge is 0.0165 e. The van der Waals surface area contributed by atoms with E-state index in [1.54, 1.807) is 0 Å². The van der Waals surface area contributed by atoms with E-state index in [-0.39, 0.29) is 0 Å². The minimum atomic E-state index is 0.329. The van der Waals surface area contributed by atoms with Gasteiger partial charge in [0, 0.05) is 12.6 Å². The van der Waals surface area contributed by atoms with Crippen LogP contribution in [0.4, 0.5) is 0 Å². The Hall–Kier alpha value is -0.0800. The van der Waals surface area contributed by atoms with Gasteiger partial charge in [-0.3, -0.25) is 0 Å². The summed E-state index contributed by atoms with van der Waals surface area (Å²) in [5, 5.41) is 3.51. The maximum absolute atomic E-state index is 5.96. The van der Waals surface area contributed by atoms with Crippen LogP contribution in [0.5, 0.6) is 0 Å². The quantitative estimate of drug-likeness (QED) is 0.652. The zero-order valence-electron chi connectivity index (χ0n) is 11.2. The maximum Gasteiger partial charge on any atom is 0.0165 e. The highest BCUT2D eigenvalue weighted by Gasteiger charge is 2.16. The average molecular weight is 214 g/mol. The van der Waals surface area contributed by atoms with Crippen molar-refractivity contribution in [1.29, 1.82) is 0 Å². The minimum Gasteiger partial charge on any atom is -0.327 e. The van der Waals surface area contributed by atoms with E-state index in [1.165, 1.54) is 6.42 Å². The SMILES string of the molecule is CCCC(N)CNCC(C(C)C)C(C)C. The van der Waals surface area contributed by atoms with Gasteiger partial charge in [0.15, 0.2) is 0 Å². The van der Waals surface area contributed by atoms with Gasteiger partial charge in [0.1, 0.15) is 0 Å². The molecule has 0 aliphatic heterocycles. The summed E-state index contributed by atoms with van der Waals surface area (Å²) in [7, 11) is 0. The Balaban J connectivity index is 3.71. The molecule has 0 fully saturated rings. The van der Waals surface area contributed by atoms with Gasteiger partial charge in [0.2, 0.25) is 0 Å². The average Bonchev–Trinajstić information content (AvgIpc) is 2.11. The van der Waals surface area contributed by atoms with Crippen LogP contribution in [0.3, 0.4) is 0 Å². The summed E-state index contributed by atoms with van der Waals surface area (Å²) >= 11 is 0. The van der Waals surface area contributed by atoms with Crippen molar-refractivity contribution in [3.63, 3.8) is 0 Å². The Kier molecular flexibility index (Phi) is 8.07. The van der Waals surface area contributed by atoms with Gasteiger partial charge in [0.25, 0.3) is 0 Å². The zero-order chi connectivity index (χ0) is 11.8. The monoisotopic (exact) mass is 214 g/mol. The van der Waals surface area contributed by atoms with Gasteiger partial charge in [-0.05, 0) is 30.7 Å². The van der Waals surface area contributed by atoms with Gasteiger partial charge in [-0.15, -0.1) is 0 Å². The lowest BCUT2D eigenvalue weighted by molar-refractivity contribution is 0.273. The number of rotatable bonds is 8. The third-order valence-corrected chi connectivity index (χ3v) is 3.16. The van der Waals surface area contributed by atoms with Crippen molar-refractivity contribution in [2.24, 2.45) is 23.5 Å². The summed E-state index contributed by atoms with van der Waals surface area (Å²) in [6.45, 7) is 13.5. The van der Waals surface area contributed by atoms with Gasteiger partial charge in [-0.2, -0.15) is 0 Å². The summed E-state index contributed by atoms with van der Waals surface area (Å²) in [5.41, 5.74) is 5.96. The highest BCUT2D eigenvalue weighted by Crippen LogP contribution is 2.19. The Bertz CT molecular complexity index is 135. The number of hydrogen-bond acceptors (Lipinski definition) is 2. The van der Waals surface area contributed by atoms with Gasteiger partial charge in [0.05, 0.1) is 0 Å². The lowest BCUT2D eigenvalue weighted by Gasteiger charge is -2.25. The number of nitrogens with two attached hydrogens (primary N) is 1. The van der Waals surface area contributed by atoms with Gasteiger partial charge < -0.3 is 11.1 Å². The van der Waals surface area contributed by atoms with Crippen molar-refractivity contribution in [2.45, 2.75) is 53.5 Å². The summed E-state index contributed by atoms with van der Waals surface area (Å²) in [6.07, 6.45) is 2.31. The second kappa shape index (κ2) is 8.12. The molecule has 1 unspecified atom stereocenters. The van der Waals surface area contributed by atoms with E-state index in [4.69, 9.17) is 5.73 Å². The molecule has 2 heteroatoms. The fourth-order valence-corrected chi connectivity index (χ4v) is 2.15. The first-order valence-electron chi connectivity index (χ1n) is 6.45. The van der Waals surface area contributed by atoms with Gasteiger partial charge in [-0.1, -0.05) is 41.0 Å². The molecule has 0 aliphatic rings. The Morgan fingerprint density at radius 3 is 1.93 bits per heavy atom. The third kappa shape index (κ3) is 6.91. The molecule has 0 rings (SSSR count). The topological polar surface area (TPSA) is 38.0 Å². The summed E-state index contributed by atoms with van der Waals surface area (Å²) in [4.78, 5) is 0. The van der Waals surface area contributed by atoms with Crippen molar-refractivity contribution in [3.05, 3.63) is 0 Å². The van der Waals surface area contributed by atoms with E-state index >= 15 is 0 Å². The molecule has 0 amide bonds. The minimum absolute atomic E-state index is 0.329. The first-order valence-corrected chi connectivity index (χ1v) is 6.45. The number of nitrogens with one attached hydrogen (secondary N) is 1. The zero-order valence-corrected chi connectivity index (χ0v) is 11.2. The molecule has 15 heavy (non-hydrogen) atoms. The summed E-state index contributed by atoms with van der Waals surface area (Å²) < 4.78 is 0. The molecule has 0 saturated carbocycles. The molecule has 0 aromatic heterocycles. The second-order valence-corrected chi connectivity index (χ2v) is 5.36. The fourth-order valence-electron chi connectivity index (χ4n) is 2.15. The first-order chi connectivity index (χ1) is 6.99. The normalized spacial score (nSPS) is 14.2. The molecule has 0 saturated heterocycles. The van der Waals surface area contributed by atoms with Crippen molar-refractivity contribution < 1.29 is 0 Å². The standard InChI is InChI=1S/C13H30N2/c1-6-7-12(14)8-15-9-13(10(2)3)11(4)5/h10-13,15H,6-9,14H2,1-5H3. The van der Waals surface area contributed by atoms with E-state index in [9.17, 15) is 0 Å². The highest BCUT2D eigenvalue weighted by molar-refractivity contribution is 4.71. The van der Waals surface area contributed by atoms with E-state index < -0.39 is 0 Å². The van der Waals surface area contributed by atoms with Crippen molar-refractivity contribution in [1.82, 2.24) is 5.32 Å². The fraction of sp³-hybridized carbons (Fsp3) is 1.00. The first kappa shape index (κ1) is 14.9.